The molecule has 0 aromatic heterocycles. The molecule has 0 fully saturated rings. The first-order chi connectivity index (χ1) is 29.2. The molecule has 0 saturated heterocycles. The van der Waals surface area contributed by atoms with Crippen LogP contribution in [-0.2, 0) is 5.41 Å². The molecule has 299 valence electrons. The molecule has 3 aromatic carbocycles. The summed E-state index contributed by atoms with van der Waals surface area (Å²) in [6, 6.07) is 25.0. The summed E-state index contributed by atoms with van der Waals surface area (Å²) < 4.78 is 0. The van der Waals surface area contributed by atoms with E-state index in [0.717, 1.165) is 60.4 Å². The molecule has 0 amide bonds. The molecule has 60 heavy (non-hydrogen) atoms. The van der Waals surface area contributed by atoms with Gasteiger partial charge in [-0.3, -0.25) is 0 Å². The van der Waals surface area contributed by atoms with E-state index in [1.807, 2.05) is 0 Å². The van der Waals surface area contributed by atoms with Crippen molar-refractivity contribution in [3.8, 4) is 0 Å². The van der Waals surface area contributed by atoms with Crippen LogP contribution in [0.3, 0.4) is 0 Å². The highest BCUT2D eigenvalue weighted by molar-refractivity contribution is 8.07. The lowest BCUT2D eigenvalue weighted by molar-refractivity contribution is 0.490. The van der Waals surface area contributed by atoms with Crippen LogP contribution in [0.5, 0.6) is 0 Å². The predicted molar refractivity (Wildman–Crippen MR) is 262 cm³/mol. The summed E-state index contributed by atoms with van der Waals surface area (Å²) in [4.78, 5) is 7.40. The van der Waals surface area contributed by atoms with Crippen molar-refractivity contribution in [3.63, 3.8) is 0 Å². The van der Waals surface area contributed by atoms with Crippen LogP contribution in [0.2, 0.25) is 0 Å². The summed E-state index contributed by atoms with van der Waals surface area (Å²) in [7, 11) is 2.32. The molecular weight excluding hydrogens is 746 g/mol. The van der Waals surface area contributed by atoms with E-state index < -0.39 is 0 Å². The van der Waals surface area contributed by atoms with Gasteiger partial charge in [-0.05, 0) is 95.9 Å². The van der Waals surface area contributed by atoms with E-state index in [4.69, 9.17) is 0 Å². The van der Waals surface area contributed by atoms with E-state index in [1.165, 1.54) is 66.6 Å². The van der Waals surface area contributed by atoms with Crippen molar-refractivity contribution in [2.24, 2.45) is 5.92 Å². The number of fused-ring (bicyclic) bond motifs is 7. The number of rotatable bonds is 8. The lowest BCUT2D eigenvalue weighted by Crippen LogP contribution is -2.36. The van der Waals surface area contributed by atoms with Crippen LogP contribution in [0, 0.1) is 5.92 Å². The summed E-state index contributed by atoms with van der Waals surface area (Å²) in [5.41, 5.74) is 17.6. The fraction of sp³-hybridized carbons (Fsp3) is 0.236. The first kappa shape index (κ1) is 39.8. The normalized spacial score (nSPS) is 24.0. The van der Waals surface area contributed by atoms with E-state index in [1.54, 1.807) is 11.8 Å². The lowest BCUT2D eigenvalue weighted by atomic mass is 9.60. The topological polar surface area (TPSA) is 18.5 Å². The van der Waals surface area contributed by atoms with Gasteiger partial charge in [0.1, 0.15) is 0 Å². The van der Waals surface area contributed by atoms with E-state index in [-0.39, 0.29) is 11.5 Å². The van der Waals surface area contributed by atoms with Gasteiger partial charge >= 0.3 is 0 Å². The molecule has 2 unspecified atom stereocenters. The van der Waals surface area contributed by atoms with Gasteiger partial charge in [-0.15, -0.1) is 6.58 Å². The quantitative estimate of drug-likeness (QED) is 0.229. The van der Waals surface area contributed by atoms with Crippen molar-refractivity contribution in [2.75, 3.05) is 16.3 Å². The largest absolute Gasteiger partial charge is 0.377 e. The Bertz CT molecular complexity index is 2570. The molecule has 2 bridgehead atoms. The molecule has 3 heterocycles. The molecule has 9 rings (SSSR count). The third-order valence-electron chi connectivity index (χ3n) is 12.9. The van der Waals surface area contributed by atoms with Gasteiger partial charge in [-0.25, -0.2) is 0 Å². The van der Waals surface area contributed by atoms with E-state index in [2.05, 4.69) is 209 Å². The van der Waals surface area contributed by atoms with Gasteiger partial charge in [0.15, 0.2) is 7.28 Å². The molecule has 1 radical (unpaired) electrons. The second-order valence-electron chi connectivity index (χ2n) is 17.1. The monoisotopic (exact) mass is 800 g/mol. The molecule has 0 spiro atoms. The van der Waals surface area contributed by atoms with Crippen molar-refractivity contribution in [3.05, 3.63) is 213 Å². The Morgan fingerprint density at radius 2 is 1.70 bits per heavy atom. The Morgan fingerprint density at radius 1 is 0.883 bits per heavy atom. The Labute approximate surface area is 363 Å². The molecule has 3 nitrogen and oxygen atoms in total. The highest BCUT2D eigenvalue weighted by Gasteiger charge is 2.42. The maximum Gasteiger partial charge on any atom is 0.194 e. The second-order valence-corrected chi connectivity index (χ2v) is 18.2. The van der Waals surface area contributed by atoms with E-state index in [0.29, 0.717) is 5.92 Å². The van der Waals surface area contributed by atoms with E-state index >= 15 is 0 Å². The third kappa shape index (κ3) is 7.32. The van der Waals surface area contributed by atoms with Gasteiger partial charge in [-0.1, -0.05) is 166 Å². The zero-order valence-corrected chi connectivity index (χ0v) is 36.4. The first-order valence-corrected chi connectivity index (χ1v) is 22.6. The van der Waals surface area contributed by atoms with Crippen LogP contribution >= 0.6 is 11.8 Å². The number of anilines is 3. The smallest absolute Gasteiger partial charge is 0.194 e. The van der Waals surface area contributed by atoms with Gasteiger partial charge in [0.2, 0.25) is 0 Å². The van der Waals surface area contributed by atoms with Crippen LogP contribution in [0.25, 0.3) is 11.3 Å². The fourth-order valence-corrected chi connectivity index (χ4v) is 11.1. The number of para-hydroxylation sites is 1. The average Bonchev–Trinajstić information content (AvgIpc) is 3.75. The molecule has 3 aliphatic carbocycles. The van der Waals surface area contributed by atoms with Crippen molar-refractivity contribution in [2.45, 2.75) is 71.3 Å². The SMILES string of the molecule is C=C1[B]c2c(C3=CC=CCC3NC3=C(C(C)C)C(C)(CC)c4ccccc43)cc(N(C3=CC=CCC3)c3ccccc3)cc2N2C/C(=C\C=C1)C1=C2C/C=C\C=C/C(=C)S1. The molecule has 0 saturated carbocycles. The summed E-state index contributed by atoms with van der Waals surface area (Å²) >= 11 is 1.79. The Morgan fingerprint density at radius 3 is 2.50 bits per heavy atom. The second kappa shape index (κ2) is 16.8. The van der Waals surface area contributed by atoms with Crippen LogP contribution < -0.4 is 20.6 Å². The minimum absolute atomic E-state index is 0.0279. The predicted octanol–water partition coefficient (Wildman–Crippen LogP) is 13.2. The van der Waals surface area contributed by atoms with Gasteiger partial charge in [0.25, 0.3) is 0 Å². The van der Waals surface area contributed by atoms with Crippen molar-refractivity contribution in [1.82, 2.24) is 5.32 Å². The number of thioether (sulfide) groups is 1. The zero-order valence-electron chi connectivity index (χ0n) is 35.5. The molecular formula is C55H55BN3S. The minimum Gasteiger partial charge on any atom is -0.377 e. The summed E-state index contributed by atoms with van der Waals surface area (Å²) in [5.74, 6) is 0.388. The van der Waals surface area contributed by atoms with Crippen molar-refractivity contribution < 1.29 is 0 Å². The summed E-state index contributed by atoms with van der Waals surface area (Å²) in [6.07, 6.45) is 33.8. The Hall–Kier alpha value is -5.65. The molecule has 1 N–H and O–H groups in total. The number of nitrogens with one attached hydrogen (secondary N) is 1. The molecule has 5 heteroatoms. The Kier molecular flexibility index (Phi) is 11.1. The minimum atomic E-state index is -0.0279. The summed E-state index contributed by atoms with van der Waals surface area (Å²) in [6.45, 7) is 19.4. The van der Waals surface area contributed by atoms with Crippen molar-refractivity contribution >= 4 is 52.8 Å². The third-order valence-corrected chi connectivity index (χ3v) is 14.0. The summed E-state index contributed by atoms with van der Waals surface area (Å²) in [5, 5.41) is 4.28. The number of hydrogen-bond acceptors (Lipinski definition) is 4. The Balaban J connectivity index is 1.29. The van der Waals surface area contributed by atoms with Gasteiger partial charge in [0.05, 0.1) is 6.04 Å². The average molecular weight is 801 g/mol. The van der Waals surface area contributed by atoms with E-state index in [9.17, 15) is 0 Å². The van der Waals surface area contributed by atoms with Crippen LogP contribution in [0.1, 0.15) is 76.5 Å². The van der Waals surface area contributed by atoms with Crippen LogP contribution in [0.15, 0.2) is 197 Å². The van der Waals surface area contributed by atoms with Gasteiger partial charge < -0.3 is 15.1 Å². The standard InChI is InChI=1S/C55H55BN3S/c1-7-55(6)47-31-19-17-30-45(47)53(51(55)37(2)3)57-48-32-20-18-29-44(48)46-34-43(59(41-25-12-9-13-26-41)42-27-14-10-15-28-42)35-50-52(46)56-38(4)22-21-24-40-36-58(50)49-33-16-8-11-23-39(5)60-54(40)49/h8-14,16-27,29-31,34-35,37,48,57H,4-5,7,15,28,32-33,36H2,1-3,6H3/b16-8-,22-21?,23-11-,40-24+. The number of hydrogen-bond donors (Lipinski definition) is 1. The molecule has 3 aliphatic heterocycles. The fourth-order valence-electron chi connectivity index (χ4n) is 10.1. The molecule has 6 aliphatic rings. The first-order valence-electron chi connectivity index (χ1n) is 21.7. The lowest BCUT2D eigenvalue weighted by Gasteiger charge is -2.35. The highest BCUT2D eigenvalue weighted by atomic mass is 32.2. The highest BCUT2D eigenvalue weighted by Crippen LogP contribution is 2.51. The van der Waals surface area contributed by atoms with Gasteiger partial charge in [-0.2, -0.15) is 0 Å². The molecule has 3 aromatic rings. The molecule has 2 atom stereocenters. The van der Waals surface area contributed by atoms with Crippen molar-refractivity contribution in [1.29, 1.82) is 0 Å². The number of allylic oxidation sites excluding steroid dienone is 15. The van der Waals surface area contributed by atoms with Crippen LogP contribution in [0.4, 0.5) is 17.1 Å². The maximum absolute atomic E-state index is 4.62. The van der Waals surface area contributed by atoms with Gasteiger partial charge in [0, 0.05) is 67.9 Å². The number of benzene rings is 3. The maximum atomic E-state index is 4.62. The van der Waals surface area contributed by atoms with Crippen LogP contribution in [-0.4, -0.2) is 19.9 Å². The zero-order chi connectivity index (χ0) is 41.4. The number of nitrogens with zero attached hydrogens (tertiary/aromatic N) is 2.